The third-order valence-electron chi connectivity index (χ3n) is 3.05. The van der Waals surface area contributed by atoms with Crippen LogP contribution in [0.15, 0.2) is 41.9 Å². The average molecular weight is 297 g/mol. The van der Waals surface area contributed by atoms with Crippen LogP contribution >= 0.6 is 11.3 Å². The standard InChI is InChI=1S/C16H15N3OS/c1-2-15-17-13(11-21-15)9-8-12-10-19(18-16(12)20)14-6-4-3-5-7-14/h3-11H,2H2,1H3,(H,18,20). The second-order valence-electron chi connectivity index (χ2n) is 4.54. The summed E-state index contributed by atoms with van der Waals surface area (Å²) in [5, 5.41) is 17.2. The van der Waals surface area contributed by atoms with E-state index in [1.807, 2.05) is 47.9 Å². The van der Waals surface area contributed by atoms with Gasteiger partial charge in [0.15, 0.2) is 0 Å². The van der Waals surface area contributed by atoms with Crippen LogP contribution in [0.5, 0.6) is 5.88 Å². The molecule has 1 aromatic carbocycles. The molecule has 0 amide bonds. The van der Waals surface area contributed by atoms with E-state index in [0.29, 0.717) is 5.56 Å². The van der Waals surface area contributed by atoms with Gasteiger partial charge >= 0.3 is 0 Å². The monoisotopic (exact) mass is 297 g/mol. The zero-order valence-corrected chi connectivity index (χ0v) is 12.4. The molecule has 0 atom stereocenters. The van der Waals surface area contributed by atoms with E-state index >= 15 is 0 Å². The zero-order chi connectivity index (χ0) is 14.7. The Balaban J connectivity index is 1.84. The lowest BCUT2D eigenvalue weighted by Gasteiger charge is -1.97. The van der Waals surface area contributed by atoms with Crippen LogP contribution in [-0.4, -0.2) is 19.9 Å². The summed E-state index contributed by atoms with van der Waals surface area (Å²) in [6, 6.07) is 9.69. The van der Waals surface area contributed by atoms with Gasteiger partial charge < -0.3 is 5.11 Å². The highest BCUT2D eigenvalue weighted by Crippen LogP contribution is 2.20. The van der Waals surface area contributed by atoms with Crippen molar-refractivity contribution < 1.29 is 5.11 Å². The van der Waals surface area contributed by atoms with Crippen LogP contribution in [-0.2, 0) is 6.42 Å². The summed E-state index contributed by atoms with van der Waals surface area (Å²) < 4.78 is 1.66. The fraction of sp³-hybridized carbons (Fsp3) is 0.125. The fourth-order valence-electron chi connectivity index (χ4n) is 1.95. The van der Waals surface area contributed by atoms with Gasteiger partial charge in [0.2, 0.25) is 5.88 Å². The van der Waals surface area contributed by atoms with Crippen LogP contribution in [0.3, 0.4) is 0 Å². The van der Waals surface area contributed by atoms with Crippen molar-refractivity contribution in [1.82, 2.24) is 14.8 Å². The molecule has 4 nitrogen and oxygen atoms in total. The molecule has 2 aromatic heterocycles. The van der Waals surface area contributed by atoms with Gasteiger partial charge in [0.05, 0.1) is 22.0 Å². The lowest BCUT2D eigenvalue weighted by Crippen LogP contribution is -1.92. The zero-order valence-electron chi connectivity index (χ0n) is 11.6. The van der Waals surface area contributed by atoms with Crippen molar-refractivity contribution in [2.24, 2.45) is 0 Å². The van der Waals surface area contributed by atoms with Crippen molar-refractivity contribution >= 4 is 23.5 Å². The first-order valence-corrected chi connectivity index (χ1v) is 7.61. The highest BCUT2D eigenvalue weighted by Gasteiger charge is 2.06. The number of rotatable bonds is 4. The maximum atomic E-state index is 9.92. The van der Waals surface area contributed by atoms with Gasteiger partial charge in [0.25, 0.3) is 0 Å². The van der Waals surface area contributed by atoms with Crippen LogP contribution in [0.2, 0.25) is 0 Å². The molecule has 3 rings (SSSR count). The molecule has 5 heteroatoms. The molecular formula is C16H15N3OS. The van der Waals surface area contributed by atoms with Crippen molar-refractivity contribution in [2.45, 2.75) is 13.3 Å². The Labute approximate surface area is 127 Å². The van der Waals surface area contributed by atoms with Gasteiger partial charge in [-0.25, -0.2) is 9.67 Å². The Morgan fingerprint density at radius 2 is 2.05 bits per heavy atom. The van der Waals surface area contributed by atoms with Gasteiger partial charge in [-0.2, -0.15) is 0 Å². The van der Waals surface area contributed by atoms with E-state index in [9.17, 15) is 5.11 Å². The minimum Gasteiger partial charge on any atom is -0.492 e. The molecule has 0 aliphatic heterocycles. The maximum Gasteiger partial charge on any atom is 0.238 e. The SMILES string of the molecule is CCc1nc(C=Cc2cn(-c3ccccc3)nc2O)cs1. The van der Waals surface area contributed by atoms with Crippen LogP contribution in [0.1, 0.15) is 23.2 Å². The summed E-state index contributed by atoms with van der Waals surface area (Å²) in [6.07, 6.45) is 6.46. The number of aryl methyl sites for hydroxylation is 1. The minimum atomic E-state index is 0.0149. The second-order valence-corrected chi connectivity index (χ2v) is 5.48. The molecule has 0 aliphatic carbocycles. The van der Waals surface area contributed by atoms with Crippen LogP contribution in [0.25, 0.3) is 17.8 Å². The largest absolute Gasteiger partial charge is 0.492 e. The van der Waals surface area contributed by atoms with Crippen molar-refractivity contribution in [3.05, 3.63) is 58.2 Å². The molecule has 0 aliphatic rings. The fourth-order valence-corrected chi connectivity index (χ4v) is 2.66. The number of benzene rings is 1. The minimum absolute atomic E-state index is 0.0149. The van der Waals surface area contributed by atoms with Crippen molar-refractivity contribution in [2.75, 3.05) is 0 Å². The average Bonchev–Trinajstić information content (AvgIpc) is 3.12. The van der Waals surface area contributed by atoms with Crippen molar-refractivity contribution in [1.29, 1.82) is 0 Å². The van der Waals surface area contributed by atoms with Crippen molar-refractivity contribution in [3.63, 3.8) is 0 Å². The lowest BCUT2D eigenvalue weighted by molar-refractivity contribution is 0.447. The van der Waals surface area contributed by atoms with E-state index in [0.717, 1.165) is 22.8 Å². The molecule has 106 valence electrons. The highest BCUT2D eigenvalue weighted by atomic mass is 32.1. The second kappa shape index (κ2) is 5.93. The van der Waals surface area contributed by atoms with E-state index in [2.05, 4.69) is 17.0 Å². The molecule has 0 spiro atoms. The van der Waals surface area contributed by atoms with E-state index in [1.165, 1.54) is 0 Å². The third kappa shape index (κ3) is 3.03. The highest BCUT2D eigenvalue weighted by molar-refractivity contribution is 7.09. The summed E-state index contributed by atoms with van der Waals surface area (Å²) in [6.45, 7) is 2.09. The third-order valence-corrected chi connectivity index (χ3v) is 4.06. The summed E-state index contributed by atoms with van der Waals surface area (Å²) in [7, 11) is 0. The molecule has 0 bridgehead atoms. The molecule has 1 N–H and O–H groups in total. The number of aromatic nitrogens is 3. The number of para-hydroxylation sites is 1. The predicted molar refractivity (Wildman–Crippen MR) is 85.6 cm³/mol. The smallest absolute Gasteiger partial charge is 0.238 e. The van der Waals surface area contributed by atoms with Gasteiger partial charge in [-0.05, 0) is 30.7 Å². The van der Waals surface area contributed by atoms with Crippen molar-refractivity contribution in [3.8, 4) is 11.6 Å². The van der Waals surface area contributed by atoms with Gasteiger partial charge in [0.1, 0.15) is 0 Å². The molecular weight excluding hydrogens is 282 g/mol. The molecule has 3 aromatic rings. The Morgan fingerprint density at radius 1 is 1.24 bits per heavy atom. The van der Waals surface area contributed by atoms with Crippen LogP contribution in [0.4, 0.5) is 0 Å². The molecule has 0 radical (unpaired) electrons. The number of hydrogen-bond donors (Lipinski definition) is 1. The molecule has 0 saturated heterocycles. The van der Waals surface area contributed by atoms with Gasteiger partial charge in [0, 0.05) is 11.6 Å². The molecule has 0 saturated carbocycles. The number of hydrogen-bond acceptors (Lipinski definition) is 4. The molecule has 0 unspecified atom stereocenters. The maximum absolute atomic E-state index is 9.92. The van der Waals surface area contributed by atoms with E-state index in [1.54, 1.807) is 22.2 Å². The first kappa shape index (κ1) is 13.6. The van der Waals surface area contributed by atoms with Crippen LogP contribution < -0.4 is 0 Å². The summed E-state index contributed by atoms with van der Waals surface area (Å²) in [5.41, 5.74) is 2.49. The first-order valence-electron chi connectivity index (χ1n) is 6.73. The Bertz CT molecular complexity index is 759. The summed E-state index contributed by atoms with van der Waals surface area (Å²) in [4.78, 5) is 4.46. The number of nitrogens with zero attached hydrogens (tertiary/aromatic N) is 3. The van der Waals surface area contributed by atoms with Crippen LogP contribution in [0, 0.1) is 0 Å². The number of aromatic hydroxyl groups is 1. The lowest BCUT2D eigenvalue weighted by atomic mass is 10.3. The molecule has 0 fully saturated rings. The summed E-state index contributed by atoms with van der Waals surface area (Å²) in [5.74, 6) is 0.0149. The topological polar surface area (TPSA) is 50.9 Å². The van der Waals surface area contributed by atoms with Gasteiger partial charge in [-0.15, -0.1) is 16.4 Å². The number of thiazole rings is 1. The Hall–Kier alpha value is -2.40. The molecule has 2 heterocycles. The van der Waals surface area contributed by atoms with Gasteiger partial charge in [-0.1, -0.05) is 25.1 Å². The van der Waals surface area contributed by atoms with E-state index in [-0.39, 0.29) is 5.88 Å². The van der Waals surface area contributed by atoms with E-state index in [4.69, 9.17) is 0 Å². The Morgan fingerprint density at radius 3 is 2.76 bits per heavy atom. The summed E-state index contributed by atoms with van der Waals surface area (Å²) >= 11 is 1.65. The van der Waals surface area contributed by atoms with E-state index < -0.39 is 0 Å². The van der Waals surface area contributed by atoms with Gasteiger partial charge in [-0.3, -0.25) is 0 Å². The quantitative estimate of drug-likeness (QED) is 0.797. The molecule has 21 heavy (non-hydrogen) atoms. The first-order chi connectivity index (χ1) is 10.3. The normalized spacial score (nSPS) is 11.3. The Kier molecular flexibility index (Phi) is 3.83. The predicted octanol–water partition coefficient (Wildman–Crippen LogP) is 3.77.